The Hall–Kier alpha value is -2.63. The number of carbonyl (C=O) groups excluding carboxylic acids is 2. The molecule has 2 amide bonds. The van der Waals surface area contributed by atoms with E-state index in [0.29, 0.717) is 29.1 Å². The van der Waals surface area contributed by atoms with Gasteiger partial charge in [-0.1, -0.05) is 19.9 Å². The number of primary amides is 1. The van der Waals surface area contributed by atoms with Crippen LogP contribution in [0.2, 0.25) is 0 Å². The van der Waals surface area contributed by atoms with Crippen molar-refractivity contribution in [3.05, 3.63) is 46.8 Å². The Morgan fingerprint density at radius 3 is 2.61 bits per heavy atom. The number of rotatable bonds is 5. The summed E-state index contributed by atoms with van der Waals surface area (Å²) in [6, 6.07) is 6.88. The molecule has 0 bridgehead atoms. The molecule has 122 valence electrons. The van der Waals surface area contributed by atoms with Crippen LogP contribution in [0.1, 0.15) is 58.8 Å². The summed E-state index contributed by atoms with van der Waals surface area (Å²) in [5, 5.41) is 7.28. The second-order valence-electron chi connectivity index (χ2n) is 5.72. The molecule has 0 aliphatic heterocycles. The fourth-order valence-corrected chi connectivity index (χ4v) is 2.37. The lowest BCUT2D eigenvalue weighted by Gasteiger charge is -2.11. The Bertz CT molecular complexity index is 747. The minimum Gasteiger partial charge on any atom is -0.366 e. The maximum absolute atomic E-state index is 12.6. The van der Waals surface area contributed by atoms with E-state index in [9.17, 15) is 9.59 Å². The predicted octanol–water partition coefficient (Wildman–Crippen LogP) is 2.69. The molecule has 0 radical (unpaired) electrons. The largest absolute Gasteiger partial charge is 0.366 e. The molecule has 6 nitrogen and oxygen atoms in total. The van der Waals surface area contributed by atoms with Crippen LogP contribution < -0.4 is 11.1 Å². The molecule has 2 rings (SSSR count). The average Bonchev–Trinajstić information content (AvgIpc) is 2.93. The average molecular weight is 314 g/mol. The summed E-state index contributed by atoms with van der Waals surface area (Å²) in [6.45, 7) is 8.37. The van der Waals surface area contributed by atoms with E-state index in [1.165, 1.54) is 0 Å². The Balaban J connectivity index is 2.33. The van der Waals surface area contributed by atoms with Gasteiger partial charge in [-0.2, -0.15) is 5.10 Å². The number of nitrogens with zero attached hydrogens (tertiary/aromatic N) is 2. The highest BCUT2D eigenvalue weighted by Gasteiger charge is 2.18. The maximum atomic E-state index is 12.6. The third-order valence-corrected chi connectivity index (χ3v) is 3.77. The first kappa shape index (κ1) is 16.7. The lowest BCUT2D eigenvalue weighted by Crippen LogP contribution is -2.19. The molecule has 0 aliphatic rings. The van der Waals surface area contributed by atoms with Gasteiger partial charge in [0.15, 0.2) is 0 Å². The summed E-state index contributed by atoms with van der Waals surface area (Å²) in [7, 11) is 0. The van der Waals surface area contributed by atoms with Gasteiger partial charge in [0.1, 0.15) is 5.69 Å². The van der Waals surface area contributed by atoms with Gasteiger partial charge < -0.3 is 11.1 Å². The van der Waals surface area contributed by atoms with E-state index in [0.717, 1.165) is 5.69 Å². The molecule has 0 saturated carbocycles. The van der Waals surface area contributed by atoms with Gasteiger partial charge in [-0.3, -0.25) is 14.3 Å². The lowest BCUT2D eigenvalue weighted by atomic mass is 10.1. The van der Waals surface area contributed by atoms with Gasteiger partial charge in [-0.05, 0) is 43.5 Å². The third kappa shape index (κ3) is 3.41. The van der Waals surface area contributed by atoms with Crippen LogP contribution in [0, 0.1) is 6.92 Å². The second-order valence-corrected chi connectivity index (χ2v) is 5.72. The monoisotopic (exact) mass is 314 g/mol. The normalized spacial score (nSPS) is 10.8. The van der Waals surface area contributed by atoms with Crippen LogP contribution in [0.5, 0.6) is 0 Å². The highest BCUT2D eigenvalue weighted by molar-refractivity contribution is 6.05. The number of anilines is 1. The molecule has 6 heteroatoms. The molecule has 0 aliphatic carbocycles. The van der Waals surface area contributed by atoms with Crippen molar-refractivity contribution < 1.29 is 9.59 Å². The van der Waals surface area contributed by atoms with E-state index >= 15 is 0 Å². The van der Waals surface area contributed by atoms with Crippen LogP contribution >= 0.6 is 0 Å². The van der Waals surface area contributed by atoms with Gasteiger partial charge >= 0.3 is 0 Å². The summed E-state index contributed by atoms with van der Waals surface area (Å²) >= 11 is 0. The quantitative estimate of drug-likeness (QED) is 0.889. The maximum Gasteiger partial charge on any atom is 0.273 e. The van der Waals surface area contributed by atoms with E-state index in [2.05, 4.69) is 10.4 Å². The first-order valence-corrected chi connectivity index (χ1v) is 7.63. The van der Waals surface area contributed by atoms with E-state index in [1.54, 1.807) is 35.9 Å². The van der Waals surface area contributed by atoms with Crippen molar-refractivity contribution in [2.75, 3.05) is 5.32 Å². The van der Waals surface area contributed by atoms with Crippen LogP contribution in [0.3, 0.4) is 0 Å². The van der Waals surface area contributed by atoms with Crippen molar-refractivity contribution in [3.63, 3.8) is 0 Å². The van der Waals surface area contributed by atoms with Gasteiger partial charge in [0.2, 0.25) is 5.91 Å². The van der Waals surface area contributed by atoms with E-state index < -0.39 is 5.91 Å². The highest BCUT2D eigenvalue weighted by atomic mass is 16.2. The van der Waals surface area contributed by atoms with Crippen molar-refractivity contribution in [2.24, 2.45) is 5.73 Å². The summed E-state index contributed by atoms with van der Waals surface area (Å²) in [4.78, 5) is 24.0. The molecule has 2 aromatic rings. The second kappa shape index (κ2) is 6.64. The minimum atomic E-state index is -0.515. The topological polar surface area (TPSA) is 90.0 Å². The van der Waals surface area contributed by atoms with Crippen LogP contribution in [0.15, 0.2) is 24.3 Å². The van der Waals surface area contributed by atoms with Gasteiger partial charge in [0.05, 0.1) is 5.69 Å². The standard InChI is InChI=1S/C17H22N4O2/c1-5-21-15(9-14(20-21)10(2)3)17(23)19-13-8-6-7-12(11(13)4)16(18)22/h6-10H,5H2,1-4H3,(H2,18,22)(H,19,23). The van der Waals surface area contributed by atoms with Gasteiger partial charge in [0, 0.05) is 17.8 Å². The smallest absolute Gasteiger partial charge is 0.273 e. The first-order chi connectivity index (χ1) is 10.8. The zero-order valence-corrected chi connectivity index (χ0v) is 13.9. The number of hydrogen-bond donors (Lipinski definition) is 2. The Labute approximate surface area is 135 Å². The number of aromatic nitrogens is 2. The van der Waals surface area contributed by atoms with Crippen molar-refractivity contribution in [3.8, 4) is 0 Å². The molecule has 1 heterocycles. The fourth-order valence-electron chi connectivity index (χ4n) is 2.37. The molecular formula is C17H22N4O2. The zero-order valence-electron chi connectivity index (χ0n) is 13.9. The fraction of sp³-hybridized carbons (Fsp3) is 0.353. The SMILES string of the molecule is CCn1nc(C(C)C)cc1C(=O)Nc1cccc(C(N)=O)c1C. The van der Waals surface area contributed by atoms with Crippen molar-refractivity contribution in [2.45, 2.75) is 40.2 Å². The van der Waals surface area contributed by atoms with Crippen molar-refractivity contribution in [1.29, 1.82) is 0 Å². The van der Waals surface area contributed by atoms with Gasteiger partial charge in [-0.15, -0.1) is 0 Å². The third-order valence-electron chi connectivity index (χ3n) is 3.77. The van der Waals surface area contributed by atoms with Gasteiger partial charge in [0.25, 0.3) is 5.91 Å². The van der Waals surface area contributed by atoms with E-state index in [-0.39, 0.29) is 11.8 Å². The van der Waals surface area contributed by atoms with Crippen LogP contribution in [0.4, 0.5) is 5.69 Å². The van der Waals surface area contributed by atoms with Crippen molar-refractivity contribution >= 4 is 17.5 Å². The summed E-state index contributed by atoms with van der Waals surface area (Å²) in [5.41, 5.74) is 8.34. The summed E-state index contributed by atoms with van der Waals surface area (Å²) in [5.74, 6) is -0.524. The minimum absolute atomic E-state index is 0.245. The molecular weight excluding hydrogens is 292 g/mol. The van der Waals surface area contributed by atoms with Crippen LogP contribution in [-0.4, -0.2) is 21.6 Å². The number of hydrogen-bond acceptors (Lipinski definition) is 3. The first-order valence-electron chi connectivity index (χ1n) is 7.63. The molecule has 0 atom stereocenters. The molecule has 0 spiro atoms. The lowest BCUT2D eigenvalue weighted by molar-refractivity contribution is 0.0993. The van der Waals surface area contributed by atoms with E-state index in [1.807, 2.05) is 20.8 Å². The molecule has 0 saturated heterocycles. The Morgan fingerprint density at radius 1 is 1.35 bits per heavy atom. The summed E-state index contributed by atoms with van der Waals surface area (Å²) < 4.78 is 1.68. The van der Waals surface area contributed by atoms with Crippen LogP contribution in [0.25, 0.3) is 0 Å². The number of benzene rings is 1. The molecule has 0 unspecified atom stereocenters. The number of nitrogens with one attached hydrogen (secondary N) is 1. The van der Waals surface area contributed by atoms with Gasteiger partial charge in [-0.25, -0.2) is 0 Å². The highest BCUT2D eigenvalue weighted by Crippen LogP contribution is 2.21. The number of amides is 2. The Kier molecular flexibility index (Phi) is 4.83. The molecule has 0 fully saturated rings. The predicted molar refractivity (Wildman–Crippen MR) is 89.6 cm³/mol. The molecule has 3 N–H and O–H groups in total. The summed E-state index contributed by atoms with van der Waals surface area (Å²) in [6.07, 6.45) is 0. The Morgan fingerprint density at radius 2 is 2.04 bits per heavy atom. The van der Waals surface area contributed by atoms with Crippen LogP contribution in [-0.2, 0) is 6.54 Å². The zero-order chi connectivity index (χ0) is 17.1. The molecule has 1 aromatic heterocycles. The number of carbonyl (C=O) groups is 2. The molecule has 1 aromatic carbocycles. The number of nitrogens with two attached hydrogens (primary N) is 1. The van der Waals surface area contributed by atoms with E-state index in [4.69, 9.17) is 5.73 Å². The van der Waals surface area contributed by atoms with Crippen molar-refractivity contribution in [1.82, 2.24) is 9.78 Å². The number of aryl methyl sites for hydroxylation is 1. The molecule has 23 heavy (non-hydrogen) atoms.